The summed E-state index contributed by atoms with van der Waals surface area (Å²) in [7, 11) is 0. The third-order valence-electron chi connectivity index (χ3n) is 2.80. The van der Waals surface area contributed by atoms with Crippen molar-refractivity contribution in [3.8, 4) is 11.3 Å². The summed E-state index contributed by atoms with van der Waals surface area (Å²) in [6, 6.07) is 11.2. The van der Waals surface area contributed by atoms with Gasteiger partial charge in [0.25, 0.3) is 0 Å². The Morgan fingerprint density at radius 3 is 2.71 bits per heavy atom. The minimum absolute atomic E-state index is 0.216. The maximum Gasteiger partial charge on any atom is 0.319 e. The highest BCUT2D eigenvalue weighted by atomic mass is 32.1. The third kappa shape index (κ3) is 3.65. The van der Waals surface area contributed by atoms with Gasteiger partial charge in [-0.15, -0.1) is 16.4 Å². The molecule has 0 atom stereocenters. The smallest absolute Gasteiger partial charge is 0.319 e. The fourth-order valence-corrected chi connectivity index (χ4v) is 2.88. The Morgan fingerprint density at radius 1 is 1.19 bits per heavy atom. The van der Waals surface area contributed by atoms with E-state index in [2.05, 4.69) is 20.2 Å². The second-order valence-corrected chi connectivity index (χ2v) is 5.90. The number of amides is 2. The van der Waals surface area contributed by atoms with E-state index in [1.54, 1.807) is 11.3 Å². The molecule has 0 aliphatic heterocycles. The van der Waals surface area contributed by atoms with Crippen LogP contribution in [-0.4, -0.2) is 15.6 Å². The molecule has 0 radical (unpaired) electrons. The summed E-state index contributed by atoms with van der Waals surface area (Å²) >= 11 is 2.93. The van der Waals surface area contributed by atoms with Gasteiger partial charge in [0.1, 0.15) is 5.69 Å². The van der Waals surface area contributed by atoms with Crippen LogP contribution in [0.25, 0.3) is 11.3 Å². The molecule has 2 aromatic heterocycles. The zero-order valence-electron chi connectivity index (χ0n) is 10.9. The number of rotatable bonds is 4. The number of hydrogen-bond donors (Lipinski definition) is 2. The van der Waals surface area contributed by atoms with Gasteiger partial charge in [0.2, 0.25) is 0 Å². The molecule has 0 aliphatic carbocycles. The van der Waals surface area contributed by atoms with E-state index in [9.17, 15) is 4.79 Å². The zero-order chi connectivity index (χ0) is 14.5. The Balaban J connectivity index is 1.56. The molecule has 3 rings (SSSR count). The van der Waals surface area contributed by atoms with Gasteiger partial charge < -0.3 is 10.6 Å². The Hall–Kier alpha value is -2.25. The van der Waals surface area contributed by atoms with Crippen molar-refractivity contribution < 1.29 is 4.79 Å². The Kier molecular flexibility index (Phi) is 4.23. The predicted molar refractivity (Wildman–Crippen MR) is 85.5 cm³/mol. The molecule has 106 valence electrons. The molecule has 7 heteroatoms. The highest BCUT2D eigenvalue weighted by molar-refractivity contribution is 7.09. The first-order valence-electron chi connectivity index (χ1n) is 6.26. The number of thiophene rings is 1. The molecule has 3 aromatic rings. The lowest BCUT2D eigenvalue weighted by atomic mass is 10.1. The van der Waals surface area contributed by atoms with Gasteiger partial charge in [-0.3, -0.25) is 0 Å². The molecule has 2 amide bonds. The van der Waals surface area contributed by atoms with Crippen molar-refractivity contribution in [1.29, 1.82) is 0 Å². The summed E-state index contributed by atoms with van der Waals surface area (Å²) in [4.78, 5) is 12.9. The van der Waals surface area contributed by atoms with Gasteiger partial charge in [0, 0.05) is 21.5 Å². The van der Waals surface area contributed by atoms with E-state index in [0.29, 0.717) is 6.54 Å². The first-order chi connectivity index (χ1) is 10.3. The number of anilines is 1. The topological polar surface area (TPSA) is 66.9 Å². The normalized spacial score (nSPS) is 10.3. The van der Waals surface area contributed by atoms with Crippen molar-refractivity contribution in [3.05, 3.63) is 52.0 Å². The van der Waals surface area contributed by atoms with Crippen LogP contribution in [0.1, 0.15) is 4.88 Å². The van der Waals surface area contributed by atoms with E-state index < -0.39 is 0 Å². The van der Waals surface area contributed by atoms with Gasteiger partial charge in [-0.1, -0.05) is 22.7 Å². The minimum Gasteiger partial charge on any atom is -0.333 e. The van der Waals surface area contributed by atoms with Crippen LogP contribution in [0.4, 0.5) is 10.5 Å². The molecule has 0 aliphatic rings. The monoisotopic (exact) mass is 316 g/mol. The van der Waals surface area contributed by atoms with Crippen LogP contribution >= 0.6 is 22.9 Å². The fourth-order valence-electron chi connectivity index (χ4n) is 1.77. The Bertz CT molecular complexity index is 693. The summed E-state index contributed by atoms with van der Waals surface area (Å²) in [5, 5.41) is 13.5. The van der Waals surface area contributed by atoms with E-state index >= 15 is 0 Å². The van der Waals surface area contributed by atoms with Gasteiger partial charge in [-0.05, 0) is 35.1 Å². The maximum absolute atomic E-state index is 11.8. The number of carbonyl (C=O) groups excluding carboxylic acids is 1. The van der Waals surface area contributed by atoms with Crippen LogP contribution in [0.3, 0.4) is 0 Å². The van der Waals surface area contributed by atoms with Gasteiger partial charge in [0.15, 0.2) is 0 Å². The van der Waals surface area contributed by atoms with Gasteiger partial charge >= 0.3 is 6.03 Å². The highest BCUT2D eigenvalue weighted by Crippen LogP contribution is 2.20. The second-order valence-electron chi connectivity index (χ2n) is 4.25. The maximum atomic E-state index is 11.8. The van der Waals surface area contributed by atoms with Crippen LogP contribution in [0.15, 0.2) is 47.2 Å². The van der Waals surface area contributed by atoms with Crippen LogP contribution < -0.4 is 10.6 Å². The van der Waals surface area contributed by atoms with Crippen molar-refractivity contribution >= 4 is 34.6 Å². The molecule has 0 unspecified atom stereocenters. The fraction of sp³-hybridized carbons (Fsp3) is 0.0714. The number of aromatic nitrogens is 2. The van der Waals surface area contributed by atoms with E-state index in [0.717, 1.165) is 21.8 Å². The lowest BCUT2D eigenvalue weighted by Gasteiger charge is -2.07. The molecule has 0 fully saturated rings. The van der Waals surface area contributed by atoms with Crippen molar-refractivity contribution in [3.63, 3.8) is 0 Å². The molecule has 21 heavy (non-hydrogen) atoms. The third-order valence-corrected chi connectivity index (χ3v) is 4.18. The van der Waals surface area contributed by atoms with E-state index in [1.165, 1.54) is 11.5 Å². The number of hydrogen-bond acceptors (Lipinski definition) is 5. The Morgan fingerprint density at radius 2 is 2.05 bits per heavy atom. The number of urea groups is 1. The minimum atomic E-state index is -0.216. The lowest BCUT2D eigenvalue weighted by Crippen LogP contribution is -2.27. The predicted octanol–water partition coefficient (Wildman–Crippen LogP) is 3.59. The van der Waals surface area contributed by atoms with Crippen molar-refractivity contribution in [2.75, 3.05) is 5.32 Å². The first-order valence-corrected chi connectivity index (χ1v) is 7.97. The van der Waals surface area contributed by atoms with Crippen molar-refractivity contribution in [2.24, 2.45) is 0 Å². The molecule has 2 N–H and O–H groups in total. The quantitative estimate of drug-likeness (QED) is 0.773. The molecule has 1 aromatic carbocycles. The summed E-state index contributed by atoms with van der Waals surface area (Å²) < 4.78 is 3.83. The molecule has 0 spiro atoms. The summed E-state index contributed by atoms with van der Waals surface area (Å²) in [6.45, 7) is 0.534. The van der Waals surface area contributed by atoms with Gasteiger partial charge in [-0.2, -0.15) is 0 Å². The van der Waals surface area contributed by atoms with Crippen molar-refractivity contribution in [2.45, 2.75) is 6.54 Å². The van der Waals surface area contributed by atoms with Crippen LogP contribution in [0.2, 0.25) is 0 Å². The van der Waals surface area contributed by atoms with E-state index in [-0.39, 0.29) is 6.03 Å². The summed E-state index contributed by atoms with van der Waals surface area (Å²) in [5.74, 6) is 0. The molecule has 0 saturated heterocycles. The Labute approximate surface area is 129 Å². The summed E-state index contributed by atoms with van der Waals surface area (Å²) in [6.07, 6.45) is 0. The standard InChI is InChI=1S/C14H12N4OS2/c19-14(15-8-12-2-1-7-20-12)16-11-5-3-10(4-6-11)13-9-21-18-17-13/h1-7,9H,8H2,(H2,15,16,19). The highest BCUT2D eigenvalue weighted by Gasteiger charge is 2.04. The molecule has 5 nitrogen and oxygen atoms in total. The summed E-state index contributed by atoms with van der Waals surface area (Å²) in [5.41, 5.74) is 2.56. The van der Waals surface area contributed by atoms with Gasteiger partial charge in [-0.25, -0.2) is 4.79 Å². The molecule has 2 heterocycles. The first kappa shape index (κ1) is 13.7. The number of nitrogens with zero attached hydrogens (tertiary/aromatic N) is 2. The van der Waals surface area contributed by atoms with E-state index in [1.807, 2.05) is 47.2 Å². The van der Waals surface area contributed by atoms with Gasteiger partial charge in [0.05, 0.1) is 6.54 Å². The molecule has 0 saturated carbocycles. The lowest BCUT2D eigenvalue weighted by molar-refractivity contribution is 0.252. The SMILES string of the molecule is O=C(NCc1cccs1)Nc1ccc(-c2csnn2)cc1. The van der Waals surface area contributed by atoms with Crippen LogP contribution in [-0.2, 0) is 6.54 Å². The number of nitrogens with one attached hydrogen (secondary N) is 2. The molecule has 0 bridgehead atoms. The molecular formula is C14H12N4OS2. The zero-order valence-corrected chi connectivity index (χ0v) is 12.6. The van der Waals surface area contributed by atoms with Crippen molar-refractivity contribution in [1.82, 2.24) is 14.9 Å². The average molecular weight is 316 g/mol. The largest absolute Gasteiger partial charge is 0.333 e. The molecular weight excluding hydrogens is 304 g/mol. The number of carbonyl (C=O) groups is 1. The van der Waals surface area contributed by atoms with Crippen LogP contribution in [0.5, 0.6) is 0 Å². The van der Waals surface area contributed by atoms with Crippen LogP contribution in [0, 0.1) is 0 Å². The average Bonchev–Trinajstić information content (AvgIpc) is 3.19. The van der Waals surface area contributed by atoms with E-state index in [4.69, 9.17) is 0 Å². The second kappa shape index (κ2) is 6.47. The number of benzene rings is 1.